The fourth-order valence-corrected chi connectivity index (χ4v) is 3.38. The van der Waals surface area contributed by atoms with Gasteiger partial charge in [0.25, 0.3) is 0 Å². The second-order valence-electron chi connectivity index (χ2n) is 6.54. The highest BCUT2D eigenvalue weighted by Gasteiger charge is 2.13. The van der Waals surface area contributed by atoms with Crippen LogP contribution in [0.15, 0.2) is 60.7 Å². The molecule has 0 atom stereocenters. The average molecular weight is 434 g/mol. The molecule has 0 unspecified atom stereocenters. The summed E-state index contributed by atoms with van der Waals surface area (Å²) in [6.45, 7) is 1.68. The van der Waals surface area contributed by atoms with Crippen LogP contribution < -0.4 is 14.8 Å². The van der Waals surface area contributed by atoms with Crippen LogP contribution in [0.1, 0.15) is 16.7 Å². The Balaban J connectivity index is 1.58. The molecule has 0 aliphatic rings. The molecule has 3 aromatic rings. The molecule has 3 aromatic carbocycles. The summed E-state index contributed by atoms with van der Waals surface area (Å²) in [5.74, 6) is 0.837. The number of hydrogen-bond acceptors (Lipinski definition) is 3. The molecule has 0 saturated heterocycles. The van der Waals surface area contributed by atoms with Gasteiger partial charge in [0, 0.05) is 17.1 Å². The SMILES string of the molecule is COc1cc(CNCCc2ccc(F)cc2)cc(Cl)c1OCc1ccccc1Cl. The van der Waals surface area contributed by atoms with Gasteiger partial charge in [-0.2, -0.15) is 0 Å². The smallest absolute Gasteiger partial charge is 0.180 e. The zero-order chi connectivity index (χ0) is 20.6. The van der Waals surface area contributed by atoms with E-state index < -0.39 is 0 Å². The topological polar surface area (TPSA) is 30.5 Å². The number of hydrogen-bond donors (Lipinski definition) is 1. The fraction of sp³-hybridized carbons (Fsp3) is 0.217. The third-order valence-corrected chi connectivity index (χ3v) is 5.10. The molecule has 0 radical (unpaired) electrons. The Morgan fingerprint density at radius 1 is 0.931 bits per heavy atom. The molecule has 0 bridgehead atoms. The van der Waals surface area contributed by atoms with E-state index in [1.165, 1.54) is 12.1 Å². The predicted molar refractivity (Wildman–Crippen MR) is 116 cm³/mol. The van der Waals surface area contributed by atoms with Crippen LogP contribution in [-0.2, 0) is 19.6 Å². The Bertz CT molecular complexity index is 948. The molecular weight excluding hydrogens is 412 g/mol. The highest BCUT2D eigenvalue weighted by Crippen LogP contribution is 2.37. The molecule has 3 nitrogen and oxygen atoms in total. The van der Waals surface area contributed by atoms with Gasteiger partial charge in [0.05, 0.1) is 12.1 Å². The van der Waals surface area contributed by atoms with Crippen molar-refractivity contribution in [3.63, 3.8) is 0 Å². The van der Waals surface area contributed by atoms with Gasteiger partial charge < -0.3 is 14.8 Å². The number of nitrogens with one attached hydrogen (secondary N) is 1. The minimum Gasteiger partial charge on any atom is -0.493 e. The number of halogens is 3. The minimum atomic E-state index is -0.222. The van der Waals surface area contributed by atoms with Crippen LogP contribution in [0.4, 0.5) is 4.39 Å². The van der Waals surface area contributed by atoms with Gasteiger partial charge in [0.1, 0.15) is 12.4 Å². The lowest BCUT2D eigenvalue weighted by Crippen LogP contribution is -2.16. The number of methoxy groups -OCH3 is 1. The Kier molecular flexibility index (Phi) is 7.76. The number of rotatable bonds is 9. The van der Waals surface area contributed by atoms with Crippen molar-refractivity contribution in [3.05, 3.63) is 93.2 Å². The first kappa shape index (κ1) is 21.4. The lowest BCUT2D eigenvalue weighted by atomic mass is 10.1. The maximum Gasteiger partial charge on any atom is 0.180 e. The molecule has 1 N–H and O–H groups in total. The highest BCUT2D eigenvalue weighted by molar-refractivity contribution is 6.32. The van der Waals surface area contributed by atoms with Crippen molar-refractivity contribution < 1.29 is 13.9 Å². The number of benzene rings is 3. The molecule has 3 rings (SSSR count). The Labute approximate surface area is 180 Å². The Hall–Kier alpha value is -2.27. The van der Waals surface area contributed by atoms with Gasteiger partial charge in [0.2, 0.25) is 0 Å². The highest BCUT2D eigenvalue weighted by atomic mass is 35.5. The number of ether oxygens (including phenoxy) is 2. The van der Waals surface area contributed by atoms with Crippen LogP contribution in [0.25, 0.3) is 0 Å². The first-order chi connectivity index (χ1) is 14.1. The summed E-state index contributed by atoms with van der Waals surface area (Å²) in [5, 5.41) is 4.48. The van der Waals surface area contributed by atoms with Crippen LogP contribution in [0.3, 0.4) is 0 Å². The average Bonchev–Trinajstić information content (AvgIpc) is 2.72. The molecule has 6 heteroatoms. The zero-order valence-corrected chi connectivity index (χ0v) is 17.6. The van der Waals surface area contributed by atoms with E-state index >= 15 is 0 Å². The summed E-state index contributed by atoms with van der Waals surface area (Å²) in [6, 6.07) is 17.8. The second-order valence-corrected chi connectivity index (χ2v) is 7.36. The van der Waals surface area contributed by atoms with Gasteiger partial charge in [-0.05, 0) is 54.4 Å². The van der Waals surface area contributed by atoms with Crippen LogP contribution in [0.5, 0.6) is 11.5 Å². The summed E-state index contributed by atoms with van der Waals surface area (Å²) >= 11 is 12.6. The lowest BCUT2D eigenvalue weighted by Gasteiger charge is -2.15. The standard InChI is InChI=1S/C23H22Cl2FNO2/c1-28-22-13-17(14-27-11-10-16-6-8-19(26)9-7-16)12-21(25)23(22)29-15-18-4-2-3-5-20(18)24/h2-9,12-13,27H,10-11,14-15H2,1H3. The molecule has 0 heterocycles. The molecule has 152 valence electrons. The predicted octanol–water partition coefficient (Wildman–Crippen LogP) is 6.05. The minimum absolute atomic E-state index is 0.222. The van der Waals surface area contributed by atoms with Crippen LogP contribution in [0.2, 0.25) is 10.0 Å². The summed E-state index contributed by atoms with van der Waals surface area (Å²) < 4.78 is 24.3. The van der Waals surface area contributed by atoms with Gasteiger partial charge >= 0.3 is 0 Å². The van der Waals surface area contributed by atoms with Crippen LogP contribution in [-0.4, -0.2) is 13.7 Å². The Morgan fingerprint density at radius 3 is 2.41 bits per heavy atom. The molecule has 0 amide bonds. The first-order valence-corrected chi connectivity index (χ1v) is 10.00. The Morgan fingerprint density at radius 2 is 1.69 bits per heavy atom. The van der Waals surface area contributed by atoms with E-state index in [4.69, 9.17) is 32.7 Å². The van der Waals surface area contributed by atoms with E-state index in [1.807, 2.05) is 36.4 Å². The van der Waals surface area contributed by atoms with Crippen molar-refractivity contribution in [1.82, 2.24) is 5.32 Å². The lowest BCUT2D eigenvalue weighted by molar-refractivity contribution is 0.284. The van der Waals surface area contributed by atoms with Gasteiger partial charge in [-0.1, -0.05) is 53.5 Å². The van der Waals surface area contributed by atoms with Gasteiger partial charge in [-0.25, -0.2) is 4.39 Å². The molecule has 0 aliphatic heterocycles. The molecule has 29 heavy (non-hydrogen) atoms. The van der Waals surface area contributed by atoms with E-state index in [1.54, 1.807) is 19.2 Å². The molecular formula is C23H22Cl2FNO2. The summed E-state index contributed by atoms with van der Waals surface area (Å²) in [6.07, 6.45) is 0.810. The maximum absolute atomic E-state index is 13.0. The van der Waals surface area contributed by atoms with E-state index in [2.05, 4.69) is 5.32 Å². The second kappa shape index (κ2) is 10.5. The molecule has 0 fully saturated rings. The van der Waals surface area contributed by atoms with Crippen LogP contribution >= 0.6 is 23.2 Å². The summed E-state index contributed by atoms with van der Waals surface area (Å²) in [4.78, 5) is 0. The quantitative estimate of drug-likeness (QED) is 0.416. The van der Waals surface area contributed by atoms with E-state index in [9.17, 15) is 4.39 Å². The summed E-state index contributed by atoms with van der Waals surface area (Å²) in [7, 11) is 1.58. The molecule has 0 aliphatic carbocycles. The zero-order valence-electron chi connectivity index (χ0n) is 16.1. The van der Waals surface area contributed by atoms with Crippen molar-refractivity contribution in [2.75, 3.05) is 13.7 Å². The van der Waals surface area contributed by atoms with E-state index in [-0.39, 0.29) is 5.82 Å². The van der Waals surface area contributed by atoms with Gasteiger partial charge in [-0.15, -0.1) is 0 Å². The van der Waals surface area contributed by atoms with Crippen molar-refractivity contribution in [3.8, 4) is 11.5 Å². The fourth-order valence-electron chi connectivity index (χ4n) is 2.90. The maximum atomic E-state index is 13.0. The molecule has 0 aromatic heterocycles. The van der Waals surface area contributed by atoms with Gasteiger partial charge in [-0.3, -0.25) is 0 Å². The van der Waals surface area contributed by atoms with Crippen molar-refractivity contribution in [2.45, 2.75) is 19.6 Å². The summed E-state index contributed by atoms with van der Waals surface area (Å²) in [5.41, 5.74) is 2.94. The monoisotopic (exact) mass is 433 g/mol. The van der Waals surface area contributed by atoms with Gasteiger partial charge in [0.15, 0.2) is 11.5 Å². The van der Waals surface area contributed by atoms with Crippen molar-refractivity contribution in [2.24, 2.45) is 0 Å². The van der Waals surface area contributed by atoms with E-state index in [0.717, 1.165) is 29.7 Å². The van der Waals surface area contributed by atoms with Crippen LogP contribution in [0, 0.1) is 5.82 Å². The van der Waals surface area contributed by atoms with Crippen molar-refractivity contribution in [1.29, 1.82) is 0 Å². The third-order valence-electron chi connectivity index (χ3n) is 4.45. The first-order valence-electron chi connectivity index (χ1n) is 9.24. The largest absolute Gasteiger partial charge is 0.493 e. The van der Waals surface area contributed by atoms with E-state index in [0.29, 0.717) is 34.7 Å². The third kappa shape index (κ3) is 6.10. The molecule has 0 saturated carbocycles. The molecule has 0 spiro atoms. The normalized spacial score (nSPS) is 10.8. The van der Waals surface area contributed by atoms with Crippen molar-refractivity contribution >= 4 is 23.2 Å².